The molecular weight excluding hydrogens is 292 g/mol. The predicted molar refractivity (Wildman–Crippen MR) is 91.2 cm³/mol. The summed E-state index contributed by atoms with van der Waals surface area (Å²) in [7, 11) is 0. The lowest BCUT2D eigenvalue weighted by molar-refractivity contribution is 0.900. The minimum absolute atomic E-state index is 0.821. The van der Waals surface area contributed by atoms with Gasteiger partial charge in [-0.25, -0.2) is 9.67 Å². The van der Waals surface area contributed by atoms with Gasteiger partial charge in [-0.2, -0.15) is 11.3 Å². The van der Waals surface area contributed by atoms with E-state index in [0.717, 1.165) is 28.2 Å². The van der Waals surface area contributed by atoms with Crippen LogP contribution in [0.4, 0.5) is 11.5 Å². The average Bonchev–Trinajstić information content (AvgIpc) is 3.17. The number of rotatable bonds is 3. The molecule has 0 unspecified atom stereocenters. The van der Waals surface area contributed by atoms with Crippen molar-refractivity contribution in [2.45, 2.75) is 6.92 Å². The smallest absolute Gasteiger partial charge is 0.165 e. The first-order valence-corrected chi connectivity index (χ1v) is 7.95. The first-order chi connectivity index (χ1) is 10.8. The molecule has 22 heavy (non-hydrogen) atoms. The number of anilines is 2. The highest BCUT2D eigenvalue weighted by Crippen LogP contribution is 2.27. The first kappa shape index (κ1) is 13.0. The van der Waals surface area contributed by atoms with Crippen molar-refractivity contribution in [2.75, 3.05) is 5.32 Å². The number of hydrogen-bond acceptors (Lipinski definition) is 4. The van der Waals surface area contributed by atoms with Crippen molar-refractivity contribution in [1.29, 1.82) is 0 Å². The molecule has 0 aliphatic rings. The van der Waals surface area contributed by atoms with Gasteiger partial charge in [0.1, 0.15) is 0 Å². The molecule has 3 heterocycles. The van der Waals surface area contributed by atoms with E-state index in [1.54, 1.807) is 17.5 Å². The second-order valence-electron chi connectivity index (χ2n) is 5.11. The van der Waals surface area contributed by atoms with Crippen LogP contribution in [0, 0.1) is 6.92 Å². The van der Waals surface area contributed by atoms with E-state index in [1.165, 1.54) is 5.56 Å². The SMILES string of the molecule is Cc1ccc(-n2nc(Nc3ccsc3)c3cccnc32)cc1. The molecule has 3 aromatic heterocycles. The quantitative estimate of drug-likeness (QED) is 0.604. The molecule has 0 saturated heterocycles. The molecule has 0 aliphatic heterocycles. The van der Waals surface area contributed by atoms with E-state index in [0.29, 0.717) is 0 Å². The molecule has 0 atom stereocenters. The summed E-state index contributed by atoms with van der Waals surface area (Å²) >= 11 is 1.66. The summed E-state index contributed by atoms with van der Waals surface area (Å²) in [6.45, 7) is 2.08. The Morgan fingerprint density at radius 2 is 1.95 bits per heavy atom. The lowest BCUT2D eigenvalue weighted by atomic mass is 10.2. The van der Waals surface area contributed by atoms with Crippen molar-refractivity contribution < 1.29 is 0 Å². The maximum Gasteiger partial charge on any atom is 0.165 e. The summed E-state index contributed by atoms with van der Waals surface area (Å²) in [4.78, 5) is 4.49. The predicted octanol–water partition coefficient (Wildman–Crippen LogP) is 4.53. The van der Waals surface area contributed by atoms with Gasteiger partial charge in [0.2, 0.25) is 0 Å². The molecule has 108 valence electrons. The zero-order chi connectivity index (χ0) is 14.9. The fourth-order valence-corrected chi connectivity index (χ4v) is 2.97. The Labute approximate surface area is 132 Å². The van der Waals surface area contributed by atoms with Crippen LogP contribution < -0.4 is 5.32 Å². The molecule has 0 amide bonds. The number of thiophene rings is 1. The third-order valence-electron chi connectivity index (χ3n) is 3.50. The summed E-state index contributed by atoms with van der Waals surface area (Å²) in [5.74, 6) is 0.821. The molecule has 0 spiro atoms. The zero-order valence-electron chi connectivity index (χ0n) is 12.0. The van der Waals surface area contributed by atoms with Crippen molar-refractivity contribution in [3.63, 3.8) is 0 Å². The van der Waals surface area contributed by atoms with Crippen molar-refractivity contribution in [3.05, 3.63) is 65.0 Å². The largest absolute Gasteiger partial charge is 0.337 e. The monoisotopic (exact) mass is 306 g/mol. The fraction of sp³-hybridized carbons (Fsp3) is 0.0588. The molecule has 0 bridgehead atoms. The van der Waals surface area contributed by atoms with Gasteiger partial charge in [0.05, 0.1) is 16.8 Å². The van der Waals surface area contributed by atoms with Gasteiger partial charge < -0.3 is 5.32 Å². The fourth-order valence-electron chi connectivity index (χ4n) is 2.38. The summed E-state index contributed by atoms with van der Waals surface area (Å²) in [5, 5.41) is 13.2. The summed E-state index contributed by atoms with van der Waals surface area (Å²) < 4.78 is 1.88. The number of pyridine rings is 1. The molecular formula is C17H14N4S. The zero-order valence-corrected chi connectivity index (χ0v) is 12.8. The van der Waals surface area contributed by atoms with E-state index in [2.05, 4.69) is 46.9 Å². The van der Waals surface area contributed by atoms with E-state index < -0.39 is 0 Å². The van der Waals surface area contributed by atoms with Gasteiger partial charge in [0, 0.05) is 11.6 Å². The molecule has 4 rings (SSSR count). The Morgan fingerprint density at radius 1 is 1.09 bits per heavy atom. The molecule has 1 aromatic carbocycles. The van der Waals surface area contributed by atoms with Crippen LogP contribution >= 0.6 is 11.3 Å². The second kappa shape index (κ2) is 5.27. The standard InChI is InChI=1S/C17H14N4S/c1-12-4-6-14(7-5-12)21-17-15(3-2-9-18-17)16(20-21)19-13-8-10-22-11-13/h2-11H,1H3,(H,19,20). The third kappa shape index (κ3) is 2.25. The molecule has 1 N–H and O–H groups in total. The van der Waals surface area contributed by atoms with Gasteiger partial charge in [-0.05, 0) is 42.6 Å². The summed E-state index contributed by atoms with van der Waals surface area (Å²) in [5.41, 5.74) is 4.13. The van der Waals surface area contributed by atoms with E-state index in [1.807, 2.05) is 28.3 Å². The Morgan fingerprint density at radius 3 is 2.73 bits per heavy atom. The number of nitrogens with zero attached hydrogens (tertiary/aromatic N) is 3. The number of aryl methyl sites for hydroxylation is 1. The Kier molecular flexibility index (Phi) is 3.12. The number of benzene rings is 1. The minimum atomic E-state index is 0.821. The van der Waals surface area contributed by atoms with Crippen molar-refractivity contribution >= 4 is 33.9 Å². The Hall–Kier alpha value is -2.66. The van der Waals surface area contributed by atoms with E-state index in [9.17, 15) is 0 Å². The highest BCUT2D eigenvalue weighted by molar-refractivity contribution is 7.08. The van der Waals surface area contributed by atoms with Gasteiger partial charge in [-0.3, -0.25) is 0 Å². The van der Waals surface area contributed by atoms with Gasteiger partial charge in [-0.15, -0.1) is 5.10 Å². The number of fused-ring (bicyclic) bond motifs is 1. The van der Waals surface area contributed by atoms with Gasteiger partial charge in [0.25, 0.3) is 0 Å². The molecule has 0 radical (unpaired) electrons. The molecule has 0 saturated carbocycles. The Bertz CT molecular complexity index is 908. The van der Waals surface area contributed by atoms with Gasteiger partial charge >= 0.3 is 0 Å². The number of aromatic nitrogens is 3. The van der Waals surface area contributed by atoms with Crippen molar-refractivity contribution in [1.82, 2.24) is 14.8 Å². The van der Waals surface area contributed by atoms with E-state index >= 15 is 0 Å². The van der Waals surface area contributed by atoms with E-state index in [-0.39, 0.29) is 0 Å². The first-order valence-electron chi connectivity index (χ1n) is 7.01. The number of nitrogens with one attached hydrogen (secondary N) is 1. The van der Waals surface area contributed by atoms with Crippen LogP contribution in [0.15, 0.2) is 59.4 Å². The van der Waals surface area contributed by atoms with Gasteiger partial charge in [0.15, 0.2) is 11.5 Å². The maximum atomic E-state index is 4.71. The van der Waals surface area contributed by atoms with Crippen molar-refractivity contribution in [3.8, 4) is 5.69 Å². The second-order valence-corrected chi connectivity index (χ2v) is 5.89. The van der Waals surface area contributed by atoms with Crippen LogP contribution in [0.1, 0.15) is 5.56 Å². The molecule has 5 heteroatoms. The van der Waals surface area contributed by atoms with E-state index in [4.69, 9.17) is 5.10 Å². The average molecular weight is 306 g/mol. The van der Waals surface area contributed by atoms with Crippen LogP contribution in [-0.4, -0.2) is 14.8 Å². The van der Waals surface area contributed by atoms with Crippen molar-refractivity contribution in [2.24, 2.45) is 0 Å². The van der Waals surface area contributed by atoms with Gasteiger partial charge in [-0.1, -0.05) is 17.7 Å². The lowest BCUT2D eigenvalue weighted by Crippen LogP contribution is -1.98. The lowest BCUT2D eigenvalue weighted by Gasteiger charge is -2.02. The van der Waals surface area contributed by atoms with Crippen LogP contribution in [0.3, 0.4) is 0 Å². The summed E-state index contributed by atoms with van der Waals surface area (Å²) in [6.07, 6.45) is 1.79. The van der Waals surface area contributed by atoms with Crippen LogP contribution in [-0.2, 0) is 0 Å². The normalized spacial score (nSPS) is 11.0. The topological polar surface area (TPSA) is 42.7 Å². The van der Waals surface area contributed by atoms with Crippen LogP contribution in [0.5, 0.6) is 0 Å². The molecule has 4 aromatic rings. The minimum Gasteiger partial charge on any atom is -0.337 e. The maximum absolute atomic E-state index is 4.71. The molecule has 0 fully saturated rings. The summed E-state index contributed by atoms with van der Waals surface area (Å²) in [6, 6.07) is 14.3. The highest BCUT2D eigenvalue weighted by atomic mass is 32.1. The highest BCUT2D eigenvalue weighted by Gasteiger charge is 2.12. The third-order valence-corrected chi connectivity index (χ3v) is 4.19. The molecule has 4 nitrogen and oxygen atoms in total. The van der Waals surface area contributed by atoms with Crippen LogP contribution in [0.2, 0.25) is 0 Å². The number of hydrogen-bond donors (Lipinski definition) is 1. The van der Waals surface area contributed by atoms with Crippen LogP contribution in [0.25, 0.3) is 16.7 Å². The Balaban J connectivity index is 1.87. The molecule has 0 aliphatic carbocycles.